The van der Waals surface area contributed by atoms with E-state index in [1.165, 1.54) is 16.7 Å². The Bertz CT molecular complexity index is 392. The molecule has 0 atom stereocenters. The van der Waals surface area contributed by atoms with Gasteiger partial charge in [0.15, 0.2) is 0 Å². The van der Waals surface area contributed by atoms with E-state index >= 15 is 0 Å². The molecule has 78 valence electrons. The lowest BCUT2D eigenvalue weighted by Crippen LogP contribution is -1.82. The standard InChI is InChI=1S/C15H18/c1-4-7-13-10-11-14(8-5-2)15(12-13)9-6-3/h4-12H,1-3H3. The van der Waals surface area contributed by atoms with Crippen molar-refractivity contribution in [2.45, 2.75) is 20.8 Å². The Balaban J connectivity index is 3.19. The molecule has 0 saturated heterocycles. The van der Waals surface area contributed by atoms with Gasteiger partial charge in [0, 0.05) is 0 Å². The molecule has 0 spiro atoms. The van der Waals surface area contributed by atoms with Crippen LogP contribution in [0.15, 0.2) is 36.4 Å². The molecule has 0 bridgehead atoms. The minimum absolute atomic E-state index is 1.25. The fraction of sp³-hybridized carbons (Fsp3) is 0.200. The largest absolute Gasteiger partial charge is 0.0871 e. The van der Waals surface area contributed by atoms with Crippen LogP contribution in [0.3, 0.4) is 0 Å². The molecule has 0 aromatic heterocycles. The summed E-state index contributed by atoms with van der Waals surface area (Å²) in [6.45, 7) is 6.12. The van der Waals surface area contributed by atoms with Gasteiger partial charge in [0.25, 0.3) is 0 Å². The van der Waals surface area contributed by atoms with Gasteiger partial charge in [0.2, 0.25) is 0 Å². The molecule has 0 aliphatic heterocycles. The van der Waals surface area contributed by atoms with Gasteiger partial charge in [-0.05, 0) is 43.5 Å². The van der Waals surface area contributed by atoms with Crippen molar-refractivity contribution < 1.29 is 0 Å². The van der Waals surface area contributed by atoms with Gasteiger partial charge in [-0.15, -0.1) is 0 Å². The summed E-state index contributed by atoms with van der Waals surface area (Å²) in [5.41, 5.74) is 3.79. The molecular formula is C15H18. The van der Waals surface area contributed by atoms with E-state index in [9.17, 15) is 0 Å². The lowest BCUT2D eigenvalue weighted by atomic mass is 10.0. The third-order valence-electron chi connectivity index (χ3n) is 2.16. The minimum Gasteiger partial charge on any atom is -0.0871 e. The van der Waals surface area contributed by atoms with Crippen molar-refractivity contribution in [2.24, 2.45) is 0 Å². The number of hydrogen-bond acceptors (Lipinski definition) is 0. The summed E-state index contributed by atoms with van der Waals surface area (Å²) in [5.74, 6) is 0. The first-order chi connectivity index (χ1) is 7.31. The summed E-state index contributed by atoms with van der Waals surface area (Å²) in [6.07, 6.45) is 12.6. The van der Waals surface area contributed by atoms with Crippen LogP contribution in [-0.2, 0) is 0 Å². The predicted octanol–water partition coefficient (Wildman–Crippen LogP) is 4.79. The third kappa shape index (κ3) is 3.25. The normalized spacial score (nSPS) is 12.2. The molecule has 1 rings (SSSR count). The molecule has 0 heteroatoms. The molecule has 0 N–H and O–H groups in total. The van der Waals surface area contributed by atoms with E-state index < -0.39 is 0 Å². The van der Waals surface area contributed by atoms with Crippen LogP contribution in [0.2, 0.25) is 0 Å². The van der Waals surface area contributed by atoms with Gasteiger partial charge in [-0.1, -0.05) is 48.6 Å². The molecule has 1 aromatic carbocycles. The monoisotopic (exact) mass is 198 g/mol. The zero-order valence-corrected chi connectivity index (χ0v) is 9.70. The number of hydrogen-bond donors (Lipinski definition) is 0. The van der Waals surface area contributed by atoms with Gasteiger partial charge in [0.05, 0.1) is 0 Å². The maximum absolute atomic E-state index is 2.20. The molecule has 0 nitrogen and oxygen atoms in total. The van der Waals surface area contributed by atoms with Crippen LogP contribution in [0.25, 0.3) is 18.2 Å². The van der Waals surface area contributed by atoms with Crippen LogP contribution in [0, 0.1) is 0 Å². The number of rotatable bonds is 3. The van der Waals surface area contributed by atoms with E-state index in [-0.39, 0.29) is 0 Å². The Morgan fingerprint density at radius 2 is 1.33 bits per heavy atom. The fourth-order valence-electron chi connectivity index (χ4n) is 1.54. The third-order valence-corrected chi connectivity index (χ3v) is 2.16. The van der Waals surface area contributed by atoms with Crippen molar-refractivity contribution >= 4 is 18.2 Å². The van der Waals surface area contributed by atoms with Gasteiger partial charge in [-0.2, -0.15) is 0 Å². The summed E-state index contributed by atoms with van der Waals surface area (Å²) in [5, 5.41) is 0. The van der Waals surface area contributed by atoms with Crippen molar-refractivity contribution in [3.63, 3.8) is 0 Å². The highest BCUT2D eigenvalue weighted by atomic mass is 14.0. The zero-order valence-electron chi connectivity index (χ0n) is 9.70. The number of allylic oxidation sites excluding steroid dienone is 3. The van der Waals surface area contributed by atoms with Gasteiger partial charge >= 0.3 is 0 Å². The second-order valence-electron chi connectivity index (χ2n) is 3.39. The van der Waals surface area contributed by atoms with Crippen LogP contribution < -0.4 is 0 Å². The van der Waals surface area contributed by atoms with Crippen LogP contribution >= 0.6 is 0 Å². The Kier molecular flexibility index (Phi) is 4.62. The molecule has 0 fully saturated rings. The van der Waals surface area contributed by atoms with Crippen LogP contribution in [0.1, 0.15) is 37.5 Å². The second-order valence-corrected chi connectivity index (χ2v) is 3.39. The van der Waals surface area contributed by atoms with Crippen LogP contribution in [0.4, 0.5) is 0 Å². The quantitative estimate of drug-likeness (QED) is 0.655. The van der Waals surface area contributed by atoms with E-state index in [4.69, 9.17) is 0 Å². The molecule has 15 heavy (non-hydrogen) atoms. The van der Waals surface area contributed by atoms with Crippen molar-refractivity contribution in [1.29, 1.82) is 0 Å². The first-order valence-corrected chi connectivity index (χ1v) is 5.34. The van der Waals surface area contributed by atoms with Crippen molar-refractivity contribution in [3.8, 4) is 0 Å². The maximum atomic E-state index is 2.20. The minimum atomic E-state index is 1.25. The van der Waals surface area contributed by atoms with Crippen LogP contribution in [-0.4, -0.2) is 0 Å². The lowest BCUT2D eigenvalue weighted by molar-refractivity contribution is 1.56. The smallest absolute Gasteiger partial charge is 0.0181 e. The molecule has 0 amide bonds. The highest BCUT2D eigenvalue weighted by Crippen LogP contribution is 2.16. The fourth-order valence-corrected chi connectivity index (χ4v) is 1.54. The van der Waals surface area contributed by atoms with Crippen LogP contribution in [0.5, 0.6) is 0 Å². The molecule has 0 aliphatic carbocycles. The second kappa shape index (κ2) is 6.02. The number of benzene rings is 1. The molecule has 1 aromatic rings. The predicted molar refractivity (Wildman–Crippen MR) is 70.6 cm³/mol. The average Bonchev–Trinajstić information content (AvgIpc) is 2.23. The van der Waals surface area contributed by atoms with Gasteiger partial charge in [-0.25, -0.2) is 0 Å². The van der Waals surface area contributed by atoms with Crippen molar-refractivity contribution in [1.82, 2.24) is 0 Å². The summed E-state index contributed by atoms with van der Waals surface area (Å²) >= 11 is 0. The lowest BCUT2D eigenvalue weighted by Gasteiger charge is -2.02. The summed E-state index contributed by atoms with van der Waals surface area (Å²) < 4.78 is 0. The van der Waals surface area contributed by atoms with E-state index in [1.807, 2.05) is 20.8 Å². The van der Waals surface area contributed by atoms with Gasteiger partial charge in [0.1, 0.15) is 0 Å². The van der Waals surface area contributed by atoms with E-state index in [0.717, 1.165) is 0 Å². The van der Waals surface area contributed by atoms with E-state index in [2.05, 4.69) is 54.7 Å². The summed E-state index contributed by atoms with van der Waals surface area (Å²) in [6, 6.07) is 6.50. The maximum Gasteiger partial charge on any atom is -0.0181 e. The molecule has 0 unspecified atom stereocenters. The van der Waals surface area contributed by atoms with Crippen molar-refractivity contribution in [2.75, 3.05) is 0 Å². The first-order valence-electron chi connectivity index (χ1n) is 5.34. The summed E-state index contributed by atoms with van der Waals surface area (Å²) in [4.78, 5) is 0. The molecular weight excluding hydrogens is 180 g/mol. The Hall–Kier alpha value is -1.56. The van der Waals surface area contributed by atoms with E-state index in [1.54, 1.807) is 0 Å². The SMILES string of the molecule is CC=Cc1ccc(C=CC)c(C=CC)c1. The highest BCUT2D eigenvalue weighted by molar-refractivity contribution is 5.68. The topological polar surface area (TPSA) is 0 Å². The molecule has 0 heterocycles. The Morgan fingerprint density at radius 1 is 0.733 bits per heavy atom. The molecule has 0 aliphatic rings. The van der Waals surface area contributed by atoms with Gasteiger partial charge < -0.3 is 0 Å². The molecule has 0 saturated carbocycles. The van der Waals surface area contributed by atoms with E-state index in [0.29, 0.717) is 0 Å². The Morgan fingerprint density at radius 3 is 1.93 bits per heavy atom. The average molecular weight is 198 g/mol. The highest BCUT2D eigenvalue weighted by Gasteiger charge is 1.96. The Labute approximate surface area is 92.6 Å². The molecule has 0 radical (unpaired) electrons. The zero-order chi connectivity index (χ0) is 11.1. The first kappa shape index (κ1) is 11.5. The van der Waals surface area contributed by atoms with Crippen molar-refractivity contribution in [3.05, 3.63) is 53.1 Å². The van der Waals surface area contributed by atoms with Gasteiger partial charge in [-0.3, -0.25) is 0 Å². The summed E-state index contributed by atoms with van der Waals surface area (Å²) in [7, 11) is 0.